The fourth-order valence-corrected chi connectivity index (χ4v) is 2.83. The first-order valence-electron chi connectivity index (χ1n) is 8.43. The molecule has 0 aliphatic carbocycles. The topological polar surface area (TPSA) is 52.7 Å². The summed E-state index contributed by atoms with van der Waals surface area (Å²) in [6, 6.07) is 6.30. The highest BCUT2D eigenvalue weighted by molar-refractivity contribution is 6.35. The molecule has 2 amide bonds. The lowest BCUT2D eigenvalue weighted by atomic mass is 10.1. The van der Waals surface area contributed by atoms with Crippen molar-refractivity contribution in [1.29, 1.82) is 0 Å². The molecule has 1 aliphatic heterocycles. The number of carbonyl (C=O) groups is 2. The van der Waals surface area contributed by atoms with Crippen LogP contribution in [0.15, 0.2) is 18.2 Å². The van der Waals surface area contributed by atoms with Crippen molar-refractivity contribution in [3.8, 4) is 0 Å². The highest BCUT2D eigenvalue weighted by Gasteiger charge is 2.26. The van der Waals surface area contributed by atoms with Crippen LogP contribution < -0.4 is 10.2 Å². The van der Waals surface area contributed by atoms with Crippen LogP contribution in [0.25, 0.3) is 0 Å². The van der Waals surface area contributed by atoms with Gasteiger partial charge in [0, 0.05) is 38.4 Å². The second kappa shape index (κ2) is 7.99. The summed E-state index contributed by atoms with van der Waals surface area (Å²) in [5, 5.41) is 2.70. The molecule has 1 aliphatic rings. The van der Waals surface area contributed by atoms with Gasteiger partial charge in [-0.1, -0.05) is 25.5 Å². The largest absolute Gasteiger partial charge is 0.368 e. The average molecular weight is 317 g/mol. The molecule has 1 N–H and O–H groups in total. The fraction of sp³-hybridized carbons (Fsp3) is 0.556. The number of piperazine rings is 1. The van der Waals surface area contributed by atoms with Gasteiger partial charge in [0.15, 0.2) is 0 Å². The molecule has 0 unspecified atom stereocenters. The summed E-state index contributed by atoms with van der Waals surface area (Å²) in [7, 11) is 0. The number of benzene rings is 1. The smallest absolute Gasteiger partial charge is 0.312 e. The van der Waals surface area contributed by atoms with E-state index in [0.29, 0.717) is 19.6 Å². The van der Waals surface area contributed by atoms with Crippen molar-refractivity contribution in [3.05, 3.63) is 29.3 Å². The first-order valence-corrected chi connectivity index (χ1v) is 8.43. The lowest BCUT2D eigenvalue weighted by Crippen LogP contribution is -2.52. The molecule has 1 aromatic rings. The van der Waals surface area contributed by atoms with E-state index in [9.17, 15) is 9.59 Å². The SMILES string of the molecule is CCCCNC(=O)C(=O)N1CCN(c2cccc(C)c2C)CC1. The van der Waals surface area contributed by atoms with Gasteiger partial charge >= 0.3 is 11.8 Å². The Kier molecular flexibility index (Phi) is 6.02. The molecule has 1 saturated heterocycles. The van der Waals surface area contributed by atoms with Crippen molar-refractivity contribution in [2.75, 3.05) is 37.6 Å². The Morgan fingerprint density at radius 1 is 1.13 bits per heavy atom. The predicted octanol–water partition coefficient (Wildman–Crippen LogP) is 1.87. The van der Waals surface area contributed by atoms with Gasteiger partial charge in [-0.25, -0.2) is 0 Å². The highest BCUT2D eigenvalue weighted by atomic mass is 16.2. The monoisotopic (exact) mass is 317 g/mol. The molecule has 0 atom stereocenters. The zero-order valence-corrected chi connectivity index (χ0v) is 14.4. The zero-order chi connectivity index (χ0) is 16.8. The molecular formula is C18H27N3O2. The molecule has 1 fully saturated rings. The Hall–Kier alpha value is -2.04. The van der Waals surface area contributed by atoms with Crippen LogP contribution in [0.2, 0.25) is 0 Å². The average Bonchev–Trinajstić information content (AvgIpc) is 2.57. The van der Waals surface area contributed by atoms with E-state index in [2.05, 4.69) is 49.2 Å². The van der Waals surface area contributed by atoms with Crippen molar-refractivity contribution < 1.29 is 9.59 Å². The molecule has 1 heterocycles. The second-order valence-corrected chi connectivity index (χ2v) is 6.11. The number of unbranched alkanes of at least 4 members (excludes halogenated alkanes) is 1. The molecule has 0 aromatic heterocycles. The molecule has 0 saturated carbocycles. The van der Waals surface area contributed by atoms with Crippen molar-refractivity contribution >= 4 is 17.5 Å². The van der Waals surface area contributed by atoms with E-state index in [1.165, 1.54) is 16.8 Å². The number of hydrogen-bond donors (Lipinski definition) is 1. The number of rotatable bonds is 4. The van der Waals surface area contributed by atoms with Crippen molar-refractivity contribution in [3.63, 3.8) is 0 Å². The van der Waals surface area contributed by atoms with Gasteiger partial charge in [-0.2, -0.15) is 0 Å². The minimum atomic E-state index is -0.473. The summed E-state index contributed by atoms with van der Waals surface area (Å²) < 4.78 is 0. The van der Waals surface area contributed by atoms with E-state index in [4.69, 9.17) is 0 Å². The number of hydrogen-bond acceptors (Lipinski definition) is 3. The summed E-state index contributed by atoms with van der Waals surface area (Å²) in [5.41, 5.74) is 3.78. The Bertz CT molecular complexity index is 563. The van der Waals surface area contributed by atoms with Crippen LogP contribution in [0, 0.1) is 13.8 Å². The normalized spacial score (nSPS) is 14.7. The number of amides is 2. The van der Waals surface area contributed by atoms with E-state index >= 15 is 0 Å². The Morgan fingerprint density at radius 2 is 1.83 bits per heavy atom. The van der Waals surface area contributed by atoms with Gasteiger partial charge in [0.2, 0.25) is 0 Å². The lowest BCUT2D eigenvalue weighted by molar-refractivity contribution is -0.146. The summed E-state index contributed by atoms with van der Waals surface area (Å²) in [6.07, 6.45) is 1.91. The zero-order valence-electron chi connectivity index (χ0n) is 14.4. The first kappa shape index (κ1) is 17.3. The third-order valence-corrected chi connectivity index (χ3v) is 4.49. The fourth-order valence-electron chi connectivity index (χ4n) is 2.83. The van der Waals surface area contributed by atoms with Gasteiger partial charge in [0.05, 0.1) is 0 Å². The minimum absolute atomic E-state index is 0.401. The van der Waals surface area contributed by atoms with Gasteiger partial charge in [-0.3, -0.25) is 9.59 Å². The van der Waals surface area contributed by atoms with Crippen molar-refractivity contribution in [2.24, 2.45) is 0 Å². The maximum atomic E-state index is 12.2. The van der Waals surface area contributed by atoms with Gasteiger partial charge in [-0.15, -0.1) is 0 Å². The molecule has 23 heavy (non-hydrogen) atoms. The van der Waals surface area contributed by atoms with Gasteiger partial charge in [0.1, 0.15) is 0 Å². The van der Waals surface area contributed by atoms with Gasteiger partial charge in [0.25, 0.3) is 0 Å². The van der Waals surface area contributed by atoms with Crippen molar-refractivity contribution in [1.82, 2.24) is 10.2 Å². The summed E-state index contributed by atoms with van der Waals surface area (Å²) in [5.74, 6) is -0.875. The van der Waals surface area contributed by atoms with Crippen LogP contribution in [0.5, 0.6) is 0 Å². The quantitative estimate of drug-likeness (QED) is 0.681. The molecule has 0 bridgehead atoms. The third kappa shape index (κ3) is 4.24. The van der Waals surface area contributed by atoms with Crippen LogP contribution in [0.3, 0.4) is 0 Å². The van der Waals surface area contributed by atoms with Crippen LogP contribution in [-0.4, -0.2) is 49.4 Å². The predicted molar refractivity (Wildman–Crippen MR) is 92.6 cm³/mol. The molecule has 126 valence electrons. The Morgan fingerprint density at radius 3 is 2.48 bits per heavy atom. The standard InChI is InChI=1S/C18H27N3O2/c1-4-5-9-19-17(22)18(23)21-12-10-20(11-13-21)16-8-6-7-14(2)15(16)3/h6-8H,4-5,9-13H2,1-3H3,(H,19,22). The number of carbonyl (C=O) groups excluding carboxylic acids is 2. The summed E-state index contributed by atoms with van der Waals surface area (Å²) >= 11 is 0. The number of nitrogens with one attached hydrogen (secondary N) is 1. The van der Waals surface area contributed by atoms with E-state index in [1.807, 2.05) is 0 Å². The molecule has 0 spiro atoms. The molecule has 2 rings (SSSR count). The maximum absolute atomic E-state index is 12.2. The van der Waals surface area contributed by atoms with Crippen LogP contribution in [-0.2, 0) is 9.59 Å². The third-order valence-electron chi connectivity index (χ3n) is 4.49. The lowest BCUT2D eigenvalue weighted by Gasteiger charge is -2.36. The minimum Gasteiger partial charge on any atom is -0.368 e. The number of anilines is 1. The Labute approximate surface area is 138 Å². The van der Waals surface area contributed by atoms with Gasteiger partial charge < -0.3 is 15.1 Å². The van der Waals surface area contributed by atoms with Crippen molar-refractivity contribution in [2.45, 2.75) is 33.6 Å². The number of aryl methyl sites for hydroxylation is 1. The van der Waals surface area contributed by atoms with Crippen LogP contribution in [0.4, 0.5) is 5.69 Å². The second-order valence-electron chi connectivity index (χ2n) is 6.11. The molecular weight excluding hydrogens is 290 g/mol. The number of nitrogens with zero attached hydrogens (tertiary/aromatic N) is 2. The first-order chi connectivity index (χ1) is 11.0. The Balaban J connectivity index is 1.89. The summed E-state index contributed by atoms with van der Waals surface area (Å²) in [6.45, 7) is 9.57. The molecule has 1 aromatic carbocycles. The molecule has 5 nitrogen and oxygen atoms in total. The molecule has 0 radical (unpaired) electrons. The highest BCUT2D eigenvalue weighted by Crippen LogP contribution is 2.23. The summed E-state index contributed by atoms with van der Waals surface area (Å²) in [4.78, 5) is 28.0. The van der Waals surface area contributed by atoms with E-state index in [1.54, 1.807) is 4.90 Å². The van der Waals surface area contributed by atoms with E-state index in [-0.39, 0.29) is 0 Å². The maximum Gasteiger partial charge on any atom is 0.312 e. The van der Waals surface area contributed by atoms with Crippen LogP contribution >= 0.6 is 0 Å². The van der Waals surface area contributed by atoms with Gasteiger partial charge in [-0.05, 0) is 37.5 Å². The van der Waals surface area contributed by atoms with Crippen LogP contribution in [0.1, 0.15) is 30.9 Å². The van der Waals surface area contributed by atoms with E-state index in [0.717, 1.165) is 25.9 Å². The van der Waals surface area contributed by atoms with E-state index < -0.39 is 11.8 Å². The molecule has 5 heteroatoms.